The Morgan fingerprint density at radius 3 is 2.95 bits per heavy atom. The Hall–Kier alpha value is -2.27. The van der Waals surface area contributed by atoms with Crippen LogP contribution in [0.4, 0.5) is 0 Å². The average molecular weight is 285 g/mol. The van der Waals surface area contributed by atoms with Gasteiger partial charge in [0, 0.05) is 18.0 Å². The Morgan fingerprint density at radius 1 is 1.33 bits per heavy atom. The number of hydrogen-bond acceptors (Lipinski definition) is 4. The monoisotopic (exact) mass is 285 g/mol. The fourth-order valence-electron chi connectivity index (χ4n) is 2.32. The number of benzene rings is 1. The van der Waals surface area contributed by atoms with E-state index in [1.165, 1.54) is 0 Å². The van der Waals surface area contributed by atoms with Gasteiger partial charge in [0.05, 0.1) is 18.9 Å². The summed E-state index contributed by atoms with van der Waals surface area (Å²) in [7, 11) is 1.87. The molecule has 1 N–H and O–H groups in total. The van der Waals surface area contributed by atoms with Gasteiger partial charge in [-0.1, -0.05) is 25.1 Å². The van der Waals surface area contributed by atoms with Gasteiger partial charge in [-0.3, -0.25) is 4.68 Å². The second-order valence-electron chi connectivity index (χ2n) is 4.92. The molecule has 1 aromatic carbocycles. The van der Waals surface area contributed by atoms with Crippen molar-refractivity contribution in [1.82, 2.24) is 15.1 Å². The van der Waals surface area contributed by atoms with E-state index in [2.05, 4.69) is 23.4 Å². The first-order chi connectivity index (χ1) is 10.3. The van der Waals surface area contributed by atoms with Crippen LogP contribution in [0.5, 0.6) is 5.75 Å². The molecule has 0 radical (unpaired) electrons. The largest absolute Gasteiger partial charge is 0.485 e. The summed E-state index contributed by atoms with van der Waals surface area (Å²) in [4.78, 5) is 0. The molecule has 5 nitrogen and oxygen atoms in total. The quantitative estimate of drug-likeness (QED) is 0.756. The van der Waals surface area contributed by atoms with Crippen molar-refractivity contribution < 1.29 is 9.15 Å². The molecule has 5 heteroatoms. The lowest BCUT2D eigenvalue weighted by Crippen LogP contribution is -2.12. The van der Waals surface area contributed by atoms with Crippen molar-refractivity contribution in [3.63, 3.8) is 0 Å². The summed E-state index contributed by atoms with van der Waals surface area (Å²) in [5, 5.41) is 8.52. The van der Waals surface area contributed by atoms with Crippen LogP contribution in [0.2, 0.25) is 0 Å². The molecule has 0 saturated carbocycles. The number of hydrogen-bond donors (Lipinski definition) is 1. The average Bonchev–Trinajstić information content (AvgIpc) is 3.06. The van der Waals surface area contributed by atoms with Crippen LogP contribution in [0, 0.1) is 0 Å². The van der Waals surface area contributed by atoms with Crippen molar-refractivity contribution in [2.45, 2.75) is 20.1 Å². The van der Waals surface area contributed by atoms with E-state index in [1.54, 1.807) is 10.9 Å². The number of ether oxygens (including phenoxy) is 1. The van der Waals surface area contributed by atoms with Gasteiger partial charge < -0.3 is 14.5 Å². The highest BCUT2D eigenvalue weighted by molar-refractivity contribution is 5.82. The van der Waals surface area contributed by atoms with E-state index in [1.807, 2.05) is 31.4 Å². The third kappa shape index (κ3) is 2.92. The Kier molecular flexibility index (Phi) is 3.92. The van der Waals surface area contributed by atoms with Gasteiger partial charge >= 0.3 is 0 Å². The van der Waals surface area contributed by atoms with Gasteiger partial charge in [-0.15, -0.1) is 0 Å². The highest BCUT2D eigenvalue weighted by Gasteiger charge is 2.14. The topological polar surface area (TPSA) is 52.2 Å². The summed E-state index contributed by atoms with van der Waals surface area (Å²) in [5.41, 5.74) is 1.99. The molecule has 0 saturated heterocycles. The molecule has 21 heavy (non-hydrogen) atoms. The second-order valence-corrected chi connectivity index (χ2v) is 4.92. The maximum absolute atomic E-state index is 5.93. The number of fused-ring (bicyclic) bond motifs is 1. The van der Waals surface area contributed by atoms with Crippen LogP contribution in [-0.4, -0.2) is 16.3 Å². The molecule has 0 spiro atoms. The fraction of sp³-hybridized carbons (Fsp3) is 0.312. The summed E-state index contributed by atoms with van der Waals surface area (Å²) in [6.07, 6.45) is 3.57. The van der Waals surface area contributed by atoms with E-state index < -0.39 is 0 Å². The highest BCUT2D eigenvalue weighted by Crippen LogP contribution is 2.27. The van der Waals surface area contributed by atoms with Crippen LogP contribution in [-0.2, 0) is 20.2 Å². The van der Waals surface area contributed by atoms with Gasteiger partial charge in [0.25, 0.3) is 0 Å². The van der Waals surface area contributed by atoms with Gasteiger partial charge in [-0.2, -0.15) is 5.10 Å². The minimum absolute atomic E-state index is 0.476. The Bertz CT molecular complexity index is 730. The minimum Gasteiger partial charge on any atom is -0.485 e. The first kappa shape index (κ1) is 13.7. The second kappa shape index (κ2) is 6.01. The summed E-state index contributed by atoms with van der Waals surface area (Å²) in [6, 6.07) is 8.05. The third-order valence-corrected chi connectivity index (χ3v) is 3.38. The smallest absolute Gasteiger partial charge is 0.157 e. The number of aromatic nitrogens is 2. The fourth-order valence-corrected chi connectivity index (χ4v) is 2.32. The lowest BCUT2D eigenvalue weighted by atomic mass is 10.1. The van der Waals surface area contributed by atoms with E-state index in [9.17, 15) is 0 Å². The van der Waals surface area contributed by atoms with Gasteiger partial charge in [-0.05, 0) is 12.6 Å². The van der Waals surface area contributed by atoms with E-state index in [-0.39, 0.29) is 0 Å². The number of aryl methyl sites for hydroxylation is 1. The van der Waals surface area contributed by atoms with Crippen LogP contribution in [0.25, 0.3) is 11.0 Å². The maximum Gasteiger partial charge on any atom is 0.157 e. The van der Waals surface area contributed by atoms with Crippen LogP contribution >= 0.6 is 0 Å². The van der Waals surface area contributed by atoms with Crippen LogP contribution < -0.4 is 10.1 Å². The molecule has 2 heterocycles. The molecule has 0 aliphatic heterocycles. The van der Waals surface area contributed by atoms with Crippen LogP contribution in [0.1, 0.15) is 18.2 Å². The first-order valence-electron chi connectivity index (χ1n) is 7.09. The van der Waals surface area contributed by atoms with E-state index in [0.29, 0.717) is 13.2 Å². The van der Waals surface area contributed by atoms with E-state index >= 15 is 0 Å². The molecule has 0 bridgehead atoms. The van der Waals surface area contributed by atoms with Crippen molar-refractivity contribution in [2.75, 3.05) is 6.54 Å². The van der Waals surface area contributed by atoms with Crippen LogP contribution in [0.3, 0.4) is 0 Å². The molecule has 0 fully saturated rings. The number of para-hydroxylation sites is 1. The van der Waals surface area contributed by atoms with E-state index in [4.69, 9.17) is 9.15 Å². The van der Waals surface area contributed by atoms with Crippen molar-refractivity contribution in [3.05, 3.63) is 48.0 Å². The number of rotatable bonds is 6. The number of nitrogens with zero attached hydrogens (tertiary/aromatic N) is 2. The summed E-state index contributed by atoms with van der Waals surface area (Å²) < 4.78 is 13.5. The molecule has 0 amide bonds. The number of nitrogens with one attached hydrogen (secondary N) is 1. The Morgan fingerprint density at radius 2 is 2.19 bits per heavy atom. The Labute approximate surface area is 123 Å². The molecular weight excluding hydrogens is 266 g/mol. The molecule has 3 rings (SSSR count). The van der Waals surface area contributed by atoms with Crippen molar-refractivity contribution in [1.29, 1.82) is 0 Å². The van der Waals surface area contributed by atoms with Crippen molar-refractivity contribution in [3.8, 4) is 5.75 Å². The van der Waals surface area contributed by atoms with Gasteiger partial charge in [0.15, 0.2) is 5.75 Å². The standard InChI is InChI=1S/C16H19N3O2/c1-3-17-9-16-14(11-20-12-8-18-19(2)10-12)13-6-4-5-7-15(13)21-16/h4-8,10,17H,3,9,11H2,1-2H3. The van der Waals surface area contributed by atoms with Crippen molar-refractivity contribution in [2.24, 2.45) is 7.05 Å². The van der Waals surface area contributed by atoms with Crippen molar-refractivity contribution >= 4 is 11.0 Å². The lowest BCUT2D eigenvalue weighted by molar-refractivity contribution is 0.302. The third-order valence-electron chi connectivity index (χ3n) is 3.38. The first-order valence-corrected chi connectivity index (χ1v) is 7.09. The van der Waals surface area contributed by atoms with E-state index in [0.717, 1.165) is 34.6 Å². The Balaban J connectivity index is 1.87. The highest BCUT2D eigenvalue weighted by atomic mass is 16.5. The summed E-state index contributed by atoms with van der Waals surface area (Å²) in [5.74, 6) is 1.69. The molecule has 0 unspecified atom stereocenters. The molecule has 2 aromatic heterocycles. The summed E-state index contributed by atoms with van der Waals surface area (Å²) >= 11 is 0. The maximum atomic E-state index is 5.93. The molecule has 0 aliphatic carbocycles. The minimum atomic E-state index is 0.476. The van der Waals surface area contributed by atoms with Gasteiger partial charge in [0.2, 0.25) is 0 Å². The van der Waals surface area contributed by atoms with Gasteiger partial charge in [-0.25, -0.2) is 0 Å². The molecule has 0 aliphatic rings. The predicted molar refractivity (Wildman–Crippen MR) is 81.1 cm³/mol. The summed E-state index contributed by atoms with van der Waals surface area (Å²) in [6.45, 7) is 4.16. The predicted octanol–water partition coefficient (Wildman–Crippen LogP) is 2.85. The normalized spacial score (nSPS) is 11.1. The zero-order chi connectivity index (χ0) is 14.7. The zero-order valence-corrected chi connectivity index (χ0v) is 12.3. The SMILES string of the molecule is CCNCc1oc2ccccc2c1COc1cnn(C)c1. The zero-order valence-electron chi connectivity index (χ0n) is 12.3. The molecular formula is C16H19N3O2. The molecule has 3 aromatic rings. The lowest BCUT2D eigenvalue weighted by Gasteiger charge is -2.05. The van der Waals surface area contributed by atoms with Crippen LogP contribution in [0.15, 0.2) is 41.1 Å². The molecule has 0 atom stereocenters. The van der Waals surface area contributed by atoms with Gasteiger partial charge in [0.1, 0.15) is 18.0 Å². The molecule has 110 valence electrons. The number of furan rings is 1.